The first kappa shape index (κ1) is 16.7. The predicted octanol–water partition coefficient (Wildman–Crippen LogP) is 1.54. The fourth-order valence-corrected chi connectivity index (χ4v) is 3.76. The Morgan fingerprint density at radius 1 is 1.30 bits per heavy atom. The molecule has 0 N–H and O–H groups in total. The zero-order valence-electron chi connectivity index (χ0n) is 12.6. The number of esters is 1. The van der Waals surface area contributed by atoms with E-state index in [-0.39, 0.29) is 17.2 Å². The molecule has 0 saturated heterocycles. The second kappa shape index (κ2) is 6.41. The van der Waals surface area contributed by atoms with Gasteiger partial charge in [0.25, 0.3) is 0 Å². The van der Waals surface area contributed by atoms with E-state index in [0.717, 1.165) is 0 Å². The molecular formula is C13H22N2O4S. The van der Waals surface area contributed by atoms with Crippen molar-refractivity contribution in [2.45, 2.75) is 32.6 Å². The summed E-state index contributed by atoms with van der Waals surface area (Å²) >= 11 is 0. The summed E-state index contributed by atoms with van der Waals surface area (Å²) in [5.41, 5.74) is 0.773. The highest BCUT2D eigenvalue weighted by molar-refractivity contribution is 7.89. The van der Waals surface area contributed by atoms with Gasteiger partial charge in [0.05, 0.1) is 6.61 Å². The van der Waals surface area contributed by atoms with Crippen LogP contribution in [0.5, 0.6) is 0 Å². The van der Waals surface area contributed by atoms with Crippen LogP contribution in [0.4, 0.5) is 0 Å². The lowest BCUT2D eigenvalue weighted by molar-refractivity contribution is 0.0515. The maximum absolute atomic E-state index is 12.5. The lowest BCUT2D eigenvalue weighted by Gasteiger charge is -2.18. The first-order valence-electron chi connectivity index (χ1n) is 6.64. The molecule has 1 rings (SSSR count). The second-order valence-electron chi connectivity index (χ2n) is 4.35. The first-order chi connectivity index (χ1) is 9.31. The molecule has 0 aliphatic carbocycles. The highest BCUT2D eigenvalue weighted by atomic mass is 32.2. The SMILES string of the molecule is CCOC(=O)c1cc(S(=O)(=O)N(CC)CC)c(C)n1C. The molecule has 0 spiro atoms. The van der Waals surface area contributed by atoms with Gasteiger partial charge in [0.2, 0.25) is 10.0 Å². The van der Waals surface area contributed by atoms with Crippen molar-refractivity contribution in [1.82, 2.24) is 8.87 Å². The Morgan fingerprint density at radius 2 is 1.85 bits per heavy atom. The molecule has 0 bridgehead atoms. The Hall–Kier alpha value is -1.34. The minimum Gasteiger partial charge on any atom is -0.461 e. The van der Waals surface area contributed by atoms with Crippen molar-refractivity contribution < 1.29 is 17.9 Å². The van der Waals surface area contributed by atoms with E-state index >= 15 is 0 Å². The van der Waals surface area contributed by atoms with Gasteiger partial charge in [-0.3, -0.25) is 0 Å². The molecule has 1 heterocycles. The van der Waals surface area contributed by atoms with Gasteiger partial charge in [-0.25, -0.2) is 13.2 Å². The van der Waals surface area contributed by atoms with Gasteiger partial charge in [-0.15, -0.1) is 0 Å². The van der Waals surface area contributed by atoms with Crippen molar-refractivity contribution in [2.75, 3.05) is 19.7 Å². The van der Waals surface area contributed by atoms with E-state index < -0.39 is 16.0 Å². The van der Waals surface area contributed by atoms with Crippen LogP contribution in [0, 0.1) is 6.92 Å². The van der Waals surface area contributed by atoms with E-state index in [0.29, 0.717) is 18.8 Å². The van der Waals surface area contributed by atoms with Gasteiger partial charge in [0.1, 0.15) is 10.6 Å². The third-order valence-electron chi connectivity index (χ3n) is 3.30. The second-order valence-corrected chi connectivity index (χ2v) is 6.25. The lowest BCUT2D eigenvalue weighted by Crippen LogP contribution is -2.30. The zero-order chi connectivity index (χ0) is 15.5. The average molecular weight is 302 g/mol. The zero-order valence-corrected chi connectivity index (χ0v) is 13.5. The topological polar surface area (TPSA) is 68.6 Å². The van der Waals surface area contributed by atoms with Gasteiger partial charge in [0.15, 0.2) is 0 Å². The fraction of sp³-hybridized carbons (Fsp3) is 0.615. The molecule has 7 heteroatoms. The summed E-state index contributed by atoms with van der Waals surface area (Å²) in [6.07, 6.45) is 0. The molecule has 0 atom stereocenters. The molecule has 0 aliphatic heterocycles. The molecule has 0 fully saturated rings. The number of hydrogen-bond donors (Lipinski definition) is 0. The third kappa shape index (κ3) is 2.88. The molecule has 0 amide bonds. The minimum absolute atomic E-state index is 0.159. The number of carbonyl (C=O) groups excluding carboxylic acids is 1. The van der Waals surface area contributed by atoms with E-state index in [1.807, 2.05) is 0 Å². The van der Waals surface area contributed by atoms with Gasteiger partial charge in [-0.2, -0.15) is 4.31 Å². The number of nitrogens with zero attached hydrogens (tertiary/aromatic N) is 2. The highest BCUT2D eigenvalue weighted by Gasteiger charge is 2.28. The molecule has 0 unspecified atom stereocenters. The highest BCUT2D eigenvalue weighted by Crippen LogP contribution is 2.23. The van der Waals surface area contributed by atoms with E-state index in [4.69, 9.17) is 4.74 Å². The Bertz CT molecular complexity index is 586. The molecule has 20 heavy (non-hydrogen) atoms. The fourth-order valence-electron chi connectivity index (χ4n) is 2.04. The Balaban J connectivity index is 3.35. The lowest BCUT2D eigenvalue weighted by atomic mass is 10.4. The molecule has 6 nitrogen and oxygen atoms in total. The summed E-state index contributed by atoms with van der Waals surface area (Å²) in [5, 5.41) is 0. The minimum atomic E-state index is -3.58. The van der Waals surface area contributed by atoms with Crippen molar-refractivity contribution in [3.63, 3.8) is 0 Å². The van der Waals surface area contributed by atoms with Crippen molar-refractivity contribution >= 4 is 16.0 Å². The Kier molecular flexibility index (Phi) is 5.35. The van der Waals surface area contributed by atoms with Crippen LogP contribution >= 0.6 is 0 Å². The summed E-state index contributed by atoms with van der Waals surface area (Å²) in [6, 6.07) is 1.39. The Morgan fingerprint density at radius 3 is 2.30 bits per heavy atom. The number of aromatic nitrogens is 1. The quantitative estimate of drug-likeness (QED) is 0.748. The first-order valence-corrected chi connectivity index (χ1v) is 8.08. The van der Waals surface area contributed by atoms with Crippen molar-refractivity contribution in [1.29, 1.82) is 0 Å². The van der Waals surface area contributed by atoms with Crippen LogP contribution in [0.15, 0.2) is 11.0 Å². The molecule has 114 valence electrons. The number of carbonyl (C=O) groups is 1. The van der Waals surface area contributed by atoms with Crippen LogP contribution in [-0.2, 0) is 21.8 Å². The van der Waals surface area contributed by atoms with E-state index in [9.17, 15) is 13.2 Å². The summed E-state index contributed by atoms with van der Waals surface area (Å²) < 4.78 is 32.9. The van der Waals surface area contributed by atoms with E-state index in [1.54, 1.807) is 39.3 Å². The van der Waals surface area contributed by atoms with Crippen molar-refractivity contribution in [2.24, 2.45) is 7.05 Å². The normalized spacial score (nSPS) is 11.9. The smallest absolute Gasteiger partial charge is 0.354 e. The van der Waals surface area contributed by atoms with Crippen LogP contribution in [0.1, 0.15) is 37.0 Å². The number of sulfonamides is 1. The summed E-state index contributed by atoms with van der Waals surface area (Å²) in [6.45, 7) is 7.99. The van der Waals surface area contributed by atoms with Gasteiger partial charge >= 0.3 is 5.97 Å². The predicted molar refractivity (Wildman–Crippen MR) is 76.2 cm³/mol. The van der Waals surface area contributed by atoms with Crippen LogP contribution in [-0.4, -0.2) is 43.0 Å². The van der Waals surface area contributed by atoms with Crippen LogP contribution in [0.25, 0.3) is 0 Å². The molecule has 1 aromatic heterocycles. The molecule has 1 aromatic rings. The van der Waals surface area contributed by atoms with Crippen molar-refractivity contribution in [3.8, 4) is 0 Å². The molecule has 0 aliphatic rings. The van der Waals surface area contributed by atoms with Gasteiger partial charge in [-0.1, -0.05) is 13.8 Å². The van der Waals surface area contributed by atoms with Gasteiger partial charge in [0, 0.05) is 25.8 Å². The third-order valence-corrected chi connectivity index (χ3v) is 5.46. The number of hydrogen-bond acceptors (Lipinski definition) is 4. The Labute approximate surface area is 120 Å². The molecule has 0 aromatic carbocycles. The molecule has 0 saturated carbocycles. The van der Waals surface area contributed by atoms with E-state index in [1.165, 1.54) is 10.4 Å². The van der Waals surface area contributed by atoms with Crippen LogP contribution in [0.2, 0.25) is 0 Å². The van der Waals surface area contributed by atoms with Gasteiger partial charge < -0.3 is 9.30 Å². The summed E-state index contributed by atoms with van der Waals surface area (Å²) in [5.74, 6) is -0.515. The summed E-state index contributed by atoms with van der Waals surface area (Å²) in [7, 11) is -1.92. The molecular weight excluding hydrogens is 280 g/mol. The standard InChI is InChI=1S/C13H22N2O4S/c1-6-15(7-2)20(17,18)12-9-11(13(16)19-8-3)14(5)10(12)4/h9H,6-8H2,1-5H3. The number of ether oxygens (including phenoxy) is 1. The van der Waals surface area contributed by atoms with Crippen LogP contribution < -0.4 is 0 Å². The van der Waals surface area contributed by atoms with E-state index in [2.05, 4.69) is 0 Å². The van der Waals surface area contributed by atoms with Crippen LogP contribution in [0.3, 0.4) is 0 Å². The van der Waals surface area contributed by atoms with Gasteiger partial charge in [-0.05, 0) is 19.9 Å². The maximum Gasteiger partial charge on any atom is 0.354 e. The largest absolute Gasteiger partial charge is 0.461 e. The summed E-state index contributed by atoms with van der Waals surface area (Å²) in [4.78, 5) is 12.0. The number of rotatable bonds is 6. The molecule has 0 radical (unpaired) electrons. The average Bonchev–Trinajstić information content (AvgIpc) is 2.68. The van der Waals surface area contributed by atoms with Crippen molar-refractivity contribution in [3.05, 3.63) is 17.5 Å². The monoisotopic (exact) mass is 302 g/mol. The maximum atomic E-state index is 12.5.